The van der Waals surface area contributed by atoms with Crippen molar-refractivity contribution in [3.63, 3.8) is 0 Å². The molecule has 1 N–H and O–H groups in total. The first kappa shape index (κ1) is 22.0. The Balaban J connectivity index is 2.35. The number of aliphatic hydroxyl groups excluding tert-OH is 1. The second-order valence-corrected chi connectivity index (χ2v) is 9.56. The Morgan fingerprint density at radius 3 is 2.22 bits per heavy atom. The summed E-state index contributed by atoms with van der Waals surface area (Å²) in [6.45, 7) is 15.3. The van der Waals surface area contributed by atoms with Gasteiger partial charge in [0.1, 0.15) is 12.4 Å². The maximum atomic E-state index is 10.3. The highest BCUT2D eigenvalue weighted by atomic mass is 32.1. The van der Waals surface area contributed by atoms with Gasteiger partial charge in [0.15, 0.2) is 0 Å². The molecule has 0 saturated carbocycles. The maximum absolute atomic E-state index is 10.3. The molecule has 0 bridgehead atoms. The Bertz CT molecular complexity index is 735. The van der Waals surface area contributed by atoms with Crippen LogP contribution in [0.15, 0.2) is 29.6 Å². The van der Waals surface area contributed by atoms with Crippen molar-refractivity contribution >= 4 is 11.3 Å². The molecule has 0 aliphatic carbocycles. The molecule has 1 atom stereocenters. The van der Waals surface area contributed by atoms with Crippen LogP contribution in [0.1, 0.15) is 76.0 Å². The van der Waals surface area contributed by atoms with Crippen molar-refractivity contribution in [2.45, 2.75) is 79.2 Å². The highest BCUT2D eigenvalue weighted by molar-refractivity contribution is 7.10. The van der Waals surface area contributed by atoms with E-state index in [1.807, 2.05) is 32.1 Å². The third-order valence-corrected chi connectivity index (χ3v) is 7.05. The van der Waals surface area contributed by atoms with E-state index in [1.54, 1.807) is 0 Å². The van der Waals surface area contributed by atoms with Gasteiger partial charge in [0.25, 0.3) is 0 Å². The third kappa shape index (κ3) is 4.75. The molecular formula is C24H36O2S. The lowest BCUT2D eigenvalue weighted by Crippen LogP contribution is -2.32. The summed E-state index contributed by atoms with van der Waals surface area (Å²) in [6.07, 6.45) is 2.59. The molecule has 1 unspecified atom stereocenters. The first-order valence-corrected chi connectivity index (χ1v) is 11.1. The largest absolute Gasteiger partial charge is 0.491 e. The zero-order chi connectivity index (χ0) is 20.2. The van der Waals surface area contributed by atoms with E-state index >= 15 is 0 Å². The summed E-state index contributed by atoms with van der Waals surface area (Å²) in [7, 11) is 0. The van der Waals surface area contributed by atoms with Crippen molar-refractivity contribution in [1.29, 1.82) is 0 Å². The zero-order valence-electron chi connectivity index (χ0n) is 18.1. The Labute approximate surface area is 169 Å². The van der Waals surface area contributed by atoms with Crippen molar-refractivity contribution in [1.82, 2.24) is 0 Å². The predicted octanol–water partition coefficient (Wildman–Crippen LogP) is 6.51. The lowest BCUT2D eigenvalue weighted by atomic mass is 9.74. The van der Waals surface area contributed by atoms with Crippen molar-refractivity contribution in [3.8, 4) is 5.75 Å². The third-order valence-electron chi connectivity index (χ3n) is 5.80. The number of thiophene rings is 1. The summed E-state index contributed by atoms with van der Waals surface area (Å²) < 4.78 is 6.01. The number of rotatable bonds is 8. The average Bonchev–Trinajstić information content (AvgIpc) is 3.07. The fraction of sp³-hybridized carbons (Fsp3) is 0.583. The van der Waals surface area contributed by atoms with Crippen LogP contribution in [0.5, 0.6) is 5.75 Å². The van der Waals surface area contributed by atoms with E-state index in [4.69, 9.17) is 4.74 Å². The summed E-state index contributed by atoms with van der Waals surface area (Å²) in [5.74, 6) is 0.896. The molecule has 0 aliphatic heterocycles. The van der Waals surface area contributed by atoms with Gasteiger partial charge in [0, 0.05) is 10.3 Å². The van der Waals surface area contributed by atoms with Crippen LogP contribution in [-0.2, 0) is 11.8 Å². The van der Waals surface area contributed by atoms with E-state index in [0.29, 0.717) is 6.61 Å². The van der Waals surface area contributed by atoms with E-state index in [1.165, 1.54) is 21.6 Å². The Morgan fingerprint density at radius 2 is 1.74 bits per heavy atom. The van der Waals surface area contributed by atoms with Crippen molar-refractivity contribution in [3.05, 3.63) is 51.2 Å². The molecule has 2 nitrogen and oxygen atoms in total. The van der Waals surface area contributed by atoms with Crippen LogP contribution < -0.4 is 4.74 Å². The molecule has 2 rings (SSSR count). The number of aliphatic hydroxyl groups is 1. The highest BCUT2D eigenvalue weighted by Gasteiger charge is 2.32. The van der Waals surface area contributed by atoms with Crippen molar-refractivity contribution in [2.75, 3.05) is 6.61 Å². The van der Waals surface area contributed by atoms with Gasteiger partial charge in [0.2, 0.25) is 0 Å². The molecule has 0 fully saturated rings. The molecular weight excluding hydrogens is 352 g/mol. The van der Waals surface area contributed by atoms with E-state index in [-0.39, 0.29) is 10.8 Å². The normalized spacial score (nSPS) is 13.6. The van der Waals surface area contributed by atoms with Gasteiger partial charge in [-0.1, -0.05) is 53.7 Å². The van der Waals surface area contributed by atoms with Crippen molar-refractivity contribution < 1.29 is 9.84 Å². The van der Waals surface area contributed by atoms with Crippen molar-refractivity contribution in [2.24, 2.45) is 5.41 Å². The van der Waals surface area contributed by atoms with E-state index in [2.05, 4.69) is 57.3 Å². The molecule has 1 aromatic heterocycles. The first-order valence-electron chi connectivity index (χ1n) is 10.2. The monoisotopic (exact) mass is 388 g/mol. The number of hydrogen-bond donors (Lipinski definition) is 1. The van der Waals surface area contributed by atoms with Gasteiger partial charge >= 0.3 is 0 Å². The van der Waals surface area contributed by atoms with Crippen LogP contribution in [0.4, 0.5) is 0 Å². The van der Waals surface area contributed by atoms with Gasteiger partial charge in [-0.05, 0) is 65.8 Å². The molecule has 150 valence electrons. The minimum Gasteiger partial charge on any atom is -0.491 e. The fourth-order valence-electron chi connectivity index (χ4n) is 3.54. The number of ether oxygens (including phenoxy) is 1. The van der Waals surface area contributed by atoms with Crippen LogP contribution in [0.2, 0.25) is 0 Å². The van der Waals surface area contributed by atoms with Gasteiger partial charge in [-0.15, -0.1) is 11.3 Å². The number of benzene rings is 1. The van der Waals surface area contributed by atoms with E-state index in [0.717, 1.165) is 25.0 Å². The second kappa shape index (κ2) is 8.79. The summed E-state index contributed by atoms with van der Waals surface area (Å²) in [5, 5.41) is 12.5. The topological polar surface area (TPSA) is 29.5 Å². The van der Waals surface area contributed by atoms with E-state index in [9.17, 15) is 5.11 Å². The van der Waals surface area contributed by atoms with Gasteiger partial charge in [0.05, 0.1) is 6.10 Å². The van der Waals surface area contributed by atoms with Gasteiger partial charge in [-0.25, -0.2) is 0 Å². The van der Waals surface area contributed by atoms with Crippen LogP contribution >= 0.6 is 11.3 Å². The molecule has 0 saturated heterocycles. The molecule has 0 amide bonds. The minimum atomic E-state index is -0.485. The van der Waals surface area contributed by atoms with Crippen LogP contribution in [0, 0.1) is 12.3 Å². The molecule has 1 aromatic carbocycles. The van der Waals surface area contributed by atoms with Gasteiger partial charge < -0.3 is 9.84 Å². The molecule has 2 aromatic rings. The van der Waals surface area contributed by atoms with Crippen LogP contribution in [-0.4, -0.2) is 17.8 Å². The summed E-state index contributed by atoms with van der Waals surface area (Å²) >= 11 is 1.87. The smallest absolute Gasteiger partial charge is 0.122 e. The predicted molar refractivity (Wildman–Crippen MR) is 117 cm³/mol. The Hall–Kier alpha value is -1.32. The maximum Gasteiger partial charge on any atom is 0.122 e. The Morgan fingerprint density at radius 1 is 1.07 bits per heavy atom. The second-order valence-electron chi connectivity index (χ2n) is 8.65. The SMILES string of the molecule is CCc1cc(C(CC)(CC)c2cc(C)cs2)ccc1OCC(O)C(C)(C)C. The van der Waals surface area contributed by atoms with Crippen LogP contribution in [0.3, 0.4) is 0 Å². The lowest BCUT2D eigenvalue weighted by molar-refractivity contribution is 0.0215. The Kier molecular flexibility index (Phi) is 7.15. The van der Waals surface area contributed by atoms with Crippen LogP contribution in [0.25, 0.3) is 0 Å². The summed E-state index contributed by atoms with van der Waals surface area (Å²) in [4.78, 5) is 1.45. The molecule has 0 aliphatic rings. The number of hydrogen-bond acceptors (Lipinski definition) is 3. The lowest BCUT2D eigenvalue weighted by Gasteiger charge is -2.32. The molecule has 0 spiro atoms. The standard InChI is InChI=1S/C24H36O2S/c1-8-18-14-19(11-12-20(18)26-15-21(25)23(5,6)7)24(9-2,10-3)22-13-17(4)16-27-22/h11-14,16,21,25H,8-10,15H2,1-7H3. The van der Waals surface area contributed by atoms with Gasteiger partial charge in [-0.3, -0.25) is 0 Å². The summed E-state index contributed by atoms with van der Waals surface area (Å²) in [5.41, 5.74) is 3.81. The minimum absolute atomic E-state index is 0.0618. The molecule has 0 radical (unpaired) electrons. The first-order chi connectivity index (χ1) is 12.7. The summed E-state index contributed by atoms with van der Waals surface area (Å²) in [6, 6.07) is 8.98. The fourth-order valence-corrected chi connectivity index (χ4v) is 4.81. The average molecular weight is 389 g/mol. The quantitative estimate of drug-likeness (QED) is 0.558. The zero-order valence-corrected chi connectivity index (χ0v) is 18.9. The highest BCUT2D eigenvalue weighted by Crippen LogP contribution is 2.43. The van der Waals surface area contributed by atoms with Gasteiger partial charge in [-0.2, -0.15) is 0 Å². The molecule has 27 heavy (non-hydrogen) atoms. The number of aryl methyl sites for hydroxylation is 2. The molecule has 3 heteroatoms. The van der Waals surface area contributed by atoms with E-state index < -0.39 is 6.10 Å². The molecule has 1 heterocycles.